The predicted molar refractivity (Wildman–Crippen MR) is 50.3 cm³/mol. The van der Waals surface area contributed by atoms with E-state index in [0.717, 1.165) is 32.5 Å². The molecule has 3 heteroatoms. The number of nitrogens with two attached hydrogens (primary N) is 1. The van der Waals surface area contributed by atoms with Gasteiger partial charge in [0.2, 0.25) is 0 Å². The van der Waals surface area contributed by atoms with Crippen LogP contribution in [0.4, 0.5) is 0 Å². The average Bonchev–Trinajstić information content (AvgIpc) is 2.20. The van der Waals surface area contributed by atoms with Crippen LogP contribution < -0.4 is 5.73 Å². The Morgan fingerprint density at radius 3 is 2.54 bits per heavy atom. The van der Waals surface area contributed by atoms with Crippen molar-refractivity contribution in [1.82, 2.24) is 0 Å². The van der Waals surface area contributed by atoms with Crippen LogP contribution in [0.5, 0.6) is 0 Å². The first-order chi connectivity index (χ1) is 6.31. The lowest BCUT2D eigenvalue weighted by Crippen LogP contribution is -2.56. The number of hydrogen-bond acceptors (Lipinski definition) is 3. The minimum Gasteiger partial charge on any atom is -0.374 e. The molecule has 2 rings (SSSR count). The van der Waals surface area contributed by atoms with Crippen molar-refractivity contribution in [3.63, 3.8) is 0 Å². The summed E-state index contributed by atoms with van der Waals surface area (Å²) in [6, 6.07) is 0. The van der Waals surface area contributed by atoms with Crippen LogP contribution in [0.15, 0.2) is 0 Å². The van der Waals surface area contributed by atoms with Gasteiger partial charge in [-0.25, -0.2) is 0 Å². The van der Waals surface area contributed by atoms with Crippen LogP contribution in [0, 0.1) is 0 Å². The largest absolute Gasteiger partial charge is 0.374 e. The van der Waals surface area contributed by atoms with E-state index in [9.17, 15) is 0 Å². The average molecular weight is 185 g/mol. The zero-order valence-corrected chi connectivity index (χ0v) is 8.13. The lowest BCUT2D eigenvalue weighted by Gasteiger charge is -2.41. The third-order valence-electron chi connectivity index (χ3n) is 3.06. The Bertz CT molecular complexity index is 160. The molecule has 0 spiro atoms. The van der Waals surface area contributed by atoms with Gasteiger partial charge in [0.25, 0.3) is 0 Å². The molecular formula is C10H19NO2. The maximum atomic E-state index is 6.19. The second-order valence-electron chi connectivity index (χ2n) is 4.12. The second-order valence-corrected chi connectivity index (χ2v) is 4.12. The van der Waals surface area contributed by atoms with Crippen molar-refractivity contribution >= 4 is 0 Å². The maximum Gasteiger partial charge on any atom is 0.143 e. The third kappa shape index (κ3) is 2.03. The fraction of sp³-hybridized carbons (Fsp3) is 1.00. The first-order valence-corrected chi connectivity index (χ1v) is 5.36. The second kappa shape index (κ2) is 3.95. The smallest absolute Gasteiger partial charge is 0.143 e. The molecule has 2 unspecified atom stereocenters. The van der Waals surface area contributed by atoms with Gasteiger partial charge in [-0.2, -0.15) is 0 Å². The summed E-state index contributed by atoms with van der Waals surface area (Å²) in [5.41, 5.74) is 5.71. The Morgan fingerprint density at radius 2 is 1.92 bits per heavy atom. The maximum absolute atomic E-state index is 6.19. The molecular weight excluding hydrogens is 166 g/mol. The third-order valence-corrected chi connectivity index (χ3v) is 3.06. The fourth-order valence-electron chi connectivity index (χ4n) is 2.22. The molecule has 0 radical (unpaired) electrons. The van der Waals surface area contributed by atoms with Crippen molar-refractivity contribution in [2.45, 2.75) is 50.4 Å². The Morgan fingerprint density at radius 1 is 1.08 bits per heavy atom. The van der Waals surface area contributed by atoms with E-state index in [0.29, 0.717) is 0 Å². The minimum absolute atomic E-state index is 0.140. The monoisotopic (exact) mass is 185 g/mol. The Labute approximate surface area is 79.6 Å². The molecule has 2 fully saturated rings. The van der Waals surface area contributed by atoms with Crippen molar-refractivity contribution in [1.29, 1.82) is 0 Å². The van der Waals surface area contributed by atoms with E-state index in [4.69, 9.17) is 15.2 Å². The molecule has 2 N–H and O–H groups in total. The predicted octanol–water partition coefficient (Wildman–Crippen LogP) is 1.41. The van der Waals surface area contributed by atoms with E-state index in [2.05, 4.69) is 0 Å². The van der Waals surface area contributed by atoms with Crippen LogP contribution in [0.1, 0.15) is 38.5 Å². The van der Waals surface area contributed by atoms with Crippen LogP contribution in [0.3, 0.4) is 0 Å². The molecule has 0 aromatic carbocycles. The van der Waals surface area contributed by atoms with Gasteiger partial charge in [0.1, 0.15) is 5.72 Å². The fourth-order valence-corrected chi connectivity index (χ4v) is 2.22. The van der Waals surface area contributed by atoms with Gasteiger partial charge in [-0.15, -0.1) is 0 Å². The number of ether oxygens (including phenoxy) is 2. The van der Waals surface area contributed by atoms with Gasteiger partial charge < -0.3 is 15.2 Å². The van der Waals surface area contributed by atoms with Crippen LogP contribution in [0.2, 0.25) is 0 Å². The summed E-state index contributed by atoms with van der Waals surface area (Å²) in [4.78, 5) is 0. The molecule has 0 aromatic rings. The van der Waals surface area contributed by atoms with Crippen molar-refractivity contribution in [3.05, 3.63) is 0 Å². The highest BCUT2D eigenvalue weighted by atomic mass is 16.6. The highest BCUT2D eigenvalue weighted by Gasteiger charge is 2.38. The van der Waals surface area contributed by atoms with E-state index in [1.807, 2.05) is 0 Å². The van der Waals surface area contributed by atoms with Crippen molar-refractivity contribution in [3.8, 4) is 0 Å². The van der Waals surface area contributed by atoms with Crippen molar-refractivity contribution in [2.24, 2.45) is 5.73 Å². The quantitative estimate of drug-likeness (QED) is 0.671. The van der Waals surface area contributed by atoms with Crippen molar-refractivity contribution in [2.75, 3.05) is 13.2 Å². The molecule has 0 saturated carbocycles. The first-order valence-electron chi connectivity index (χ1n) is 5.36. The molecule has 2 heterocycles. The van der Waals surface area contributed by atoms with Gasteiger partial charge >= 0.3 is 0 Å². The SMILES string of the molecule is NC1(C2CCCCO2)CCCCO1. The molecule has 0 aliphatic carbocycles. The Hall–Kier alpha value is -0.120. The first kappa shape index (κ1) is 9.44. The van der Waals surface area contributed by atoms with E-state index < -0.39 is 5.72 Å². The van der Waals surface area contributed by atoms with Crippen LogP contribution in [0.25, 0.3) is 0 Å². The summed E-state index contributed by atoms with van der Waals surface area (Å²) in [6.07, 6.45) is 6.89. The van der Waals surface area contributed by atoms with E-state index in [1.54, 1.807) is 0 Å². The van der Waals surface area contributed by atoms with E-state index >= 15 is 0 Å². The Kier molecular flexibility index (Phi) is 2.86. The highest BCUT2D eigenvalue weighted by Crippen LogP contribution is 2.30. The summed E-state index contributed by atoms with van der Waals surface area (Å²) < 4.78 is 11.3. The summed E-state index contributed by atoms with van der Waals surface area (Å²) in [6.45, 7) is 1.66. The van der Waals surface area contributed by atoms with Crippen LogP contribution >= 0.6 is 0 Å². The van der Waals surface area contributed by atoms with E-state index in [-0.39, 0.29) is 6.10 Å². The van der Waals surface area contributed by atoms with E-state index in [1.165, 1.54) is 19.3 Å². The summed E-state index contributed by atoms with van der Waals surface area (Å²) in [7, 11) is 0. The molecule has 13 heavy (non-hydrogen) atoms. The molecule has 2 saturated heterocycles. The summed E-state index contributed by atoms with van der Waals surface area (Å²) >= 11 is 0. The van der Waals surface area contributed by atoms with Crippen molar-refractivity contribution < 1.29 is 9.47 Å². The van der Waals surface area contributed by atoms with Gasteiger partial charge in [-0.3, -0.25) is 0 Å². The summed E-state index contributed by atoms with van der Waals surface area (Å²) in [5, 5.41) is 0. The van der Waals surface area contributed by atoms with Gasteiger partial charge in [-0.1, -0.05) is 0 Å². The Balaban J connectivity index is 1.94. The van der Waals surface area contributed by atoms with Gasteiger partial charge in [0.05, 0.1) is 6.10 Å². The normalized spacial score (nSPS) is 41.8. The van der Waals surface area contributed by atoms with Gasteiger partial charge in [-0.05, 0) is 38.5 Å². The zero-order chi connectivity index (χ0) is 9.15. The zero-order valence-electron chi connectivity index (χ0n) is 8.13. The molecule has 2 aliphatic rings. The standard InChI is InChI=1S/C10H19NO2/c11-10(6-2-4-8-13-10)9-5-1-3-7-12-9/h9H,1-8,11H2. The van der Waals surface area contributed by atoms with Crippen LogP contribution in [-0.2, 0) is 9.47 Å². The molecule has 0 amide bonds. The van der Waals surface area contributed by atoms with Gasteiger partial charge in [0.15, 0.2) is 0 Å². The molecule has 0 aromatic heterocycles. The molecule has 0 bridgehead atoms. The van der Waals surface area contributed by atoms with Gasteiger partial charge in [0, 0.05) is 13.2 Å². The molecule has 2 atom stereocenters. The lowest BCUT2D eigenvalue weighted by atomic mass is 9.93. The highest BCUT2D eigenvalue weighted by molar-refractivity contribution is 4.87. The minimum atomic E-state index is -0.474. The number of hydrogen-bond donors (Lipinski definition) is 1. The topological polar surface area (TPSA) is 44.5 Å². The van der Waals surface area contributed by atoms with Crippen LogP contribution in [-0.4, -0.2) is 25.0 Å². The summed E-state index contributed by atoms with van der Waals surface area (Å²) in [5.74, 6) is 0. The molecule has 3 nitrogen and oxygen atoms in total. The molecule has 2 aliphatic heterocycles. The molecule has 76 valence electrons. The number of rotatable bonds is 1. The lowest BCUT2D eigenvalue weighted by molar-refractivity contribution is -0.175.